The monoisotopic (exact) mass is 1150 g/mol. The fourth-order valence-electron chi connectivity index (χ4n) is 10.1. The average molecular weight is 1150 g/mol. The Bertz CT molecular complexity index is 3660. The van der Waals surface area contributed by atoms with Crippen LogP contribution >= 0.6 is 0 Å². The quantitative estimate of drug-likeness (QED) is 0.146. The molecule has 0 radical (unpaired) electrons. The molecule has 6 aromatic heterocycles. The van der Waals surface area contributed by atoms with Gasteiger partial charge in [0.25, 0.3) is 0 Å². The van der Waals surface area contributed by atoms with Crippen molar-refractivity contribution in [2.45, 2.75) is 132 Å². The van der Waals surface area contributed by atoms with Gasteiger partial charge in [-0.3, -0.25) is 19.9 Å². The highest BCUT2D eigenvalue weighted by Crippen LogP contribution is 2.22. The molecule has 0 amide bonds. The first-order valence-electron chi connectivity index (χ1n) is 29.6. The van der Waals surface area contributed by atoms with Crippen molar-refractivity contribution in [2.24, 2.45) is 0 Å². The molecule has 0 aliphatic carbocycles. The van der Waals surface area contributed by atoms with E-state index in [1.165, 1.54) is 93.2 Å². The molecule has 6 heterocycles. The third kappa shape index (κ3) is 21.5. The Morgan fingerprint density at radius 1 is 0.218 bits per heavy atom. The molecule has 0 saturated heterocycles. The largest absolute Gasteiger partial charge is 0.261 e. The fourth-order valence-corrected chi connectivity index (χ4v) is 10.1. The minimum absolute atomic E-state index is 0.792. The zero-order valence-corrected chi connectivity index (χ0v) is 54.8. The summed E-state index contributed by atoms with van der Waals surface area (Å²) in [5.74, 6) is 3.23. The van der Waals surface area contributed by atoms with Crippen LogP contribution in [0, 0.1) is 132 Å². The fraction of sp³-hybridized carbons (Fsp3) is 0.244. The minimum Gasteiger partial charge on any atom is -0.261 e. The molecule has 9 nitrogen and oxygen atoms in total. The first-order valence-corrected chi connectivity index (χ1v) is 29.6. The van der Waals surface area contributed by atoms with Gasteiger partial charge >= 0.3 is 0 Å². The Balaban J connectivity index is 0.000000159. The highest BCUT2D eigenvalue weighted by Gasteiger charge is 2.01. The Kier molecular flexibility index (Phi) is 24.6. The number of nitrogens with zero attached hydrogens (tertiary/aromatic N) is 9. The van der Waals surface area contributed by atoms with Gasteiger partial charge in [-0.15, -0.1) is 0 Å². The van der Waals surface area contributed by atoms with E-state index in [4.69, 9.17) is 0 Å². The third-order valence-electron chi connectivity index (χ3n) is 14.1. The van der Waals surface area contributed by atoms with Gasteiger partial charge < -0.3 is 0 Å². The molecule has 0 unspecified atom stereocenters. The number of aromatic nitrogens is 9. The van der Waals surface area contributed by atoms with Crippen LogP contribution in [0.15, 0.2) is 183 Å². The summed E-state index contributed by atoms with van der Waals surface area (Å²) in [5.41, 5.74) is 18.4. The molecule has 0 spiro atoms. The molecular weight excluding hydrogens is 1060 g/mol. The molecule has 0 aliphatic rings. The Hall–Kier alpha value is -9.47. The number of hydrogen-bond acceptors (Lipinski definition) is 9. The van der Waals surface area contributed by atoms with Gasteiger partial charge in [-0.1, -0.05) is 155 Å². The topological polar surface area (TPSA) is 116 Å². The van der Waals surface area contributed by atoms with Gasteiger partial charge in [0.15, 0.2) is 0 Å². The van der Waals surface area contributed by atoms with E-state index < -0.39 is 0 Å². The smallest absolute Gasteiger partial charge is 0.129 e. The average Bonchev–Trinajstić information content (AvgIpc) is 3.66. The zero-order valence-electron chi connectivity index (χ0n) is 54.8. The first-order chi connectivity index (χ1) is 41.4. The lowest BCUT2D eigenvalue weighted by Gasteiger charge is -2.03. The van der Waals surface area contributed by atoms with Crippen LogP contribution in [0.1, 0.15) is 108 Å². The van der Waals surface area contributed by atoms with E-state index in [1.807, 2.05) is 112 Å². The van der Waals surface area contributed by atoms with E-state index >= 15 is 0 Å². The van der Waals surface area contributed by atoms with Crippen LogP contribution in [-0.2, 0) is 0 Å². The molecule has 87 heavy (non-hydrogen) atoms. The zero-order chi connectivity index (χ0) is 63.3. The van der Waals surface area contributed by atoms with Gasteiger partial charge in [-0.25, -0.2) is 24.9 Å². The summed E-state index contributed by atoms with van der Waals surface area (Å²) in [6.07, 6.45) is 7.57. The standard InChI is InChI=1S/2C12H12.2C11H11N.C10H10N2.C9H12.C7H10N2.C6H9N3/c1-9-3-5-12-8-10(2)4-6-11(12)7-9;1-9-5-3-8-12-10(2)6-4-7-11(9)12;1-8-3-4-10-6-9(2)12-7-11(10)5-8;1-8-4-3-5-11-9(2)12-7-6-10(8)11;1-7-3-9-6-12-8(2)4-10(9)5-11-7;1-7-4-8(2)6-9(3)5-7;1-5-4-6(2)9-7(3)8-5;1-4-7-5(2)9-6(3)8-4/h2*3-8H,1-2H3;2*3-7H,1-2H3;3-6H,1-2H3;4-6H,1-3H3;4H,1-3H3;1-3H3. The van der Waals surface area contributed by atoms with Crippen LogP contribution in [0.2, 0.25) is 0 Å². The van der Waals surface area contributed by atoms with E-state index in [0.717, 1.165) is 68.2 Å². The third-order valence-corrected chi connectivity index (χ3v) is 14.1. The van der Waals surface area contributed by atoms with Gasteiger partial charge in [0.1, 0.15) is 23.3 Å². The number of pyridine rings is 4. The van der Waals surface area contributed by atoms with Crippen molar-refractivity contribution in [1.82, 2.24) is 44.9 Å². The summed E-state index contributed by atoms with van der Waals surface area (Å²) in [5, 5.41) is 12.8. The van der Waals surface area contributed by atoms with Crippen molar-refractivity contribution >= 4 is 53.9 Å². The van der Waals surface area contributed by atoms with Gasteiger partial charge in [0.05, 0.1) is 0 Å². The van der Waals surface area contributed by atoms with Crippen molar-refractivity contribution in [3.05, 3.63) is 290 Å². The maximum atomic E-state index is 4.25. The van der Waals surface area contributed by atoms with E-state index in [2.05, 4.69) is 247 Å². The maximum absolute atomic E-state index is 4.25. The summed E-state index contributed by atoms with van der Waals surface area (Å²) < 4.78 is 0. The predicted molar refractivity (Wildman–Crippen MR) is 369 cm³/mol. The maximum Gasteiger partial charge on any atom is 0.129 e. The normalized spacial score (nSPS) is 10.2. The van der Waals surface area contributed by atoms with Gasteiger partial charge in [0.2, 0.25) is 0 Å². The van der Waals surface area contributed by atoms with E-state index in [0.29, 0.717) is 0 Å². The summed E-state index contributed by atoms with van der Waals surface area (Å²) in [7, 11) is 0. The number of benzene rings is 7. The van der Waals surface area contributed by atoms with Crippen LogP contribution in [0.5, 0.6) is 0 Å². The molecule has 0 fully saturated rings. The minimum atomic E-state index is 0.792. The molecule has 7 aromatic carbocycles. The van der Waals surface area contributed by atoms with E-state index in [1.54, 1.807) is 0 Å². The second kappa shape index (κ2) is 32.2. The SMILES string of the molecule is Cc1cc(C)cc(C)c1.Cc1cc(C)nc(C)n1.Cc1cc2cnc(C)cc2cn1.Cc1ccc2cc(C)ccc2c1.Cc1ccc2cc(C)ncc2c1.Cc1cccc2c(C)cccc12.Cc1cccc2c(C)nccc12.Cc1nc(C)nc(C)n1. The van der Waals surface area contributed by atoms with Crippen molar-refractivity contribution in [3.8, 4) is 0 Å². The van der Waals surface area contributed by atoms with Crippen LogP contribution in [0.3, 0.4) is 0 Å². The van der Waals surface area contributed by atoms with Gasteiger partial charge in [-0.05, 0) is 217 Å². The first kappa shape index (κ1) is 66.7. The molecular formula is C78H87N9. The number of aryl methyl sites for hydroxylation is 19. The second-order valence-electron chi connectivity index (χ2n) is 22.7. The van der Waals surface area contributed by atoms with Gasteiger partial charge in [-0.2, -0.15) is 0 Å². The highest BCUT2D eigenvalue weighted by molar-refractivity contribution is 5.89. The lowest BCUT2D eigenvalue weighted by Crippen LogP contribution is -1.97. The van der Waals surface area contributed by atoms with Crippen molar-refractivity contribution in [1.29, 1.82) is 0 Å². The number of rotatable bonds is 0. The van der Waals surface area contributed by atoms with Gasteiger partial charge in [0, 0.05) is 80.5 Å². The summed E-state index contributed by atoms with van der Waals surface area (Å²) in [6, 6.07) is 55.5. The molecule has 9 heteroatoms. The van der Waals surface area contributed by atoms with Crippen LogP contribution in [0.4, 0.5) is 0 Å². The van der Waals surface area contributed by atoms with Crippen LogP contribution in [-0.4, -0.2) is 44.9 Å². The molecule has 0 atom stereocenters. The second-order valence-corrected chi connectivity index (χ2v) is 22.7. The Morgan fingerprint density at radius 3 is 0.897 bits per heavy atom. The molecule has 0 N–H and O–H groups in total. The van der Waals surface area contributed by atoms with Crippen molar-refractivity contribution < 1.29 is 0 Å². The molecule has 13 rings (SSSR count). The Labute approximate surface area is 517 Å². The lowest BCUT2D eigenvalue weighted by atomic mass is 10.0. The van der Waals surface area contributed by atoms with E-state index in [-0.39, 0.29) is 0 Å². The van der Waals surface area contributed by atoms with Crippen LogP contribution in [0.25, 0.3) is 53.9 Å². The number of hydrogen-bond donors (Lipinski definition) is 0. The summed E-state index contributed by atoms with van der Waals surface area (Å²) in [4.78, 5) is 37.2. The Morgan fingerprint density at radius 2 is 0.529 bits per heavy atom. The van der Waals surface area contributed by atoms with E-state index in [9.17, 15) is 0 Å². The molecule has 13 aromatic rings. The predicted octanol–water partition coefficient (Wildman–Crippen LogP) is 19.7. The summed E-state index contributed by atoms with van der Waals surface area (Å²) >= 11 is 0. The van der Waals surface area contributed by atoms with Crippen molar-refractivity contribution in [2.75, 3.05) is 0 Å². The number of fused-ring (bicyclic) bond motifs is 5. The van der Waals surface area contributed by atoms with Crippen molar-refractivity contribution in [3.63, 3.8) is 0 Å². The van der Waals surface area contributed by atoms with Crippen LogP contribution < -0.4 is 0 Å². The highest BCUT2D eigenvalue weighted by atomic mass is 15.0. The summed E-state index contributed by atoms with van der Waals surface area (Å²) in [6.45, 7) is 38.6. The molecule has 0 saturated carbocycles. The molecule has 0 bridgehead atoms. The molecule has 0 aliphatic heterocycles. The lowest BCUT2D eigenvalue weighted by molar-refractivity contribution is 0.875. The molecule has 444 valence electrons.